The number of carbonyl (C=O) groups is 1. The van der Waals surface area contributed by atoms with Crippen molar-refractivity contribution in [2.75, 3.05) is 18.1 Å². The van der Waals surface area contributed by atoms with Gasteiger partial charge >= 0.3 is 0 Å². The van der Waals surface area contributed by atoms with Crippen LogP contribution in [0.3, 0.4) is 0 Å². The second-order valence-corrected chi connectivity index (χ2v) is 3.66. The van der Waals surface area contributed by atoms with E-state index in [9.17, 15) is 4.79 Å². The number of ketones is 1. The Balaban J connectivity index is 3.36. The molecule has 0 fully saturated rings. The lowest BCUT2D eigenvalue weighted by atomic mass is 10.1. The Morgan fingerprint density at radius 2 is 2.27 bits per heavy atom. The predicted octanol–water partition coefficient (Wildman–Crippen LogP) is 1.33. The second-order valence-electron chi connectivity index (χ2n) is 2.55. The van der Waals surface area contributed by atoms with Gasteiger partial charge < -0.3 is 5.11 Å². The fourth-order valence-corrected chi connectivity index (χ4v) is 1.37. The molecular weight excluding hydrogens is 160 g/mol. The molecule has 1 atom stereocenters. The van der Waals surface area contributed by atoms with Crippen molar-refractivity contribution in [1.29, 1.82) is 0 Å². The minimum Gasteiger partial charge on any atom is -0.396 e. The molecule has 0 spiro atoms. The van der Waals surface area contributed by atoms with Crippen molar-refractivity contribution in [3.63, 3.8) is 0 Å². The van der Waals surface area contributed by atoms with E-state index in [0.29, 0.717) is 17.3 Å². The van der Waals surface area contributed by atoms with Gasteiger partial charge in [-0.15, -0.1) is 0 Å². The quantitative estimate of drug-likeness (QED) is 0.620. The Morgan fingerprint density at radius 3 is 2.73 bits per heavy atom. The predicted molar refractivity (Wildman–Crippen MR) is 48.9 cm³/mol. The maximum absolute atomic E-state index is 11.1. The Labute approximate surface area is 72.4 Å². The number of hydrogen-bond acceptors (Lipinski definition) is 3. The molecule has 0 aliphatic heterocycles. The SMILES string of the molecule is CCC(C)C(=O)CSCCO. The molecule has 0 amide bonds. The molecule has 0 rings (SSSR count). The molecule has 1 N–H and O–H groups in total. The van der Waals surface area contributed by atoms with Crippen molar-refractivity contribution >= 4 is 17.5 Å². The summed E-state index contributed by atoms with van der Waals surface area (Å²) in [7, 11) is 0. The molecule has 0 aliphatic rings. The van der Waals surface area contributed by atoms with Gasteiger partial charge in [-0.25, -0.2) is 0 Å². The lowest BCUT2D eigenvalue weighted by Crippen LogP contribution is -2.12. The van der Waals surface area contributed by atoms with Crippen LogP contribution in [0.15, 0.2) is 0 Å². The molecule has 0 bridgehead atoms. The Morgan fingerprint density at radius 1 is 1.64 bits per heavy atom. The molecule has 66 valence electrons. The first-order valence-electron chi connectivity index (χ1n) is 3.93. The van der Waals surface area contributed by atoms with Crippen molar-refractivity contribution in [3.8, 4) is 0 Å². The summed E-state index contributed by atoms with van der Waals surface area (Å²) < 4.78 is 0. The highest BCUT2D eigenvalue weighted by molar-refractivity contribution is 7.99. The summed E-state index contributed by atoms with van der Waals surface area (Å²) in [5.74, 6) is 1.70. The van der Waals surface area contributed by atoms with Gasteiger partial charge in [-0.1, -0.05) is 13.8 Å². The van der Waals surface area contributed by atoms with E-state index in [1.165, 1.54) is 11.8 Å². The Kier molecular flexibility index (Phi) is 6.66. The number of carbonyl (C=O) groups excluding carboxylic acids is 1. The summed E-state index contributed by atoms with van der Waals surface area (Å²) >= 11 is 1.51. The number of Topliss-reactive ketones (excluding diaryl/α,β-unsaturated/α-hetero) is 1. The van der Waals surface area contributed by atoms with E-state index in [2.05, 4.69) is 0 Å². The molecule has 0 saturated carbocycles. The largest absolute Gasteiger partial charge is 0.396 e. The molecule has 2 nitrogen and oxygen atoms in total. The monoisotopic (exact) mass is 176 g/mol. The Bertz CT molecular complexity index is 115. The van der Waals surface area contributed by atoms with Gasteiger partial charge in [0.25, 0.3) is 0 Å². The van der Waals surface area contributed by atoms with Gasteiger partial charge in [0.1, 0.15) is 5.78 Å². The van der Waals surface area contributed by atoms with E-state index in [-0.39, 0.29) is 12.5 Å². The number of hydrogen-bond donors (Lipinski definition) is 1. The highest BCUT2D eigenvalue weighted by Crippen LogP contribution is 2.07. The third-order valence-corrected chi connectivity index (χ3v) is 2.60. The summed E-state index contributed by atoms with van der Waals surface area (Å²) in [6.07, 6.45) is 0.915. The zero-order chi connectivity index (χ0) is 8.69. The van der Waals surface area contributed by atoms with Crippen molar-refractivity contribution in [3.05, 3.63) is 0 Å². The van der Waals surface area contributed by atoms with Crippen LogP contribution in [0.2, 0.25) is 0 Å². The minimum atomic E-state index is 0.165. The van der Waals surface area contributed by atoms with Gasteiger partial charge in [-0.2, -0.15) is 11.8 Å². The summed E-state index contributed by atoms with van der Waals surface area (Å²) in [5.41, 5.74) is 0. The van der Waals surface area contributed by atoms with E-state index in [0.717, 1.165) is 6.42 Å². The van der Waals surface area contributed by atoms with Crippen molar-refractivity contribution in [1.82, 2.24) is 0 Å². The van der Waals surface area contributed by atoms with Crippen LogP contribution in [-0.2, 0) is 4.79 Å². The molecular formula is C8H16O2S. The molecule has 1 unspecified atom stereocenters. The molecule has 0 aromatic rings. The second kappa shape index (κ2) is 6.68. The molecule has 0 aliphatic carbocycles. The summed E-state index contributed by atoms with van der Waals surface area (Å²) in [4.78, 5) is 11.1. The number of aliphatic hydroxyl groups excluding tert-OH is 1. The smallest absolute Gasteiger partial charge is 0.145 e. The van der Waals surface area contributed by atoms with E-state index >= 15 is 0 Å². The topological polar surface area (TPSA) is 37.3 Å². The average molecular weight is 176 g/mol. The lowest BCUT2D eigenvalue weighted by Gasteiger charge is -2.05. The van der Waals surface area contributed by atoms with Crippen LogP contribution in [0.5, 0.6) is 0 Å². The standard InChI is InChI=1S/C8H16O2S/c1-3-7(2)8(10)6-11-5-4-9/h7,9H,3-6H2,1-2H3. The van der Waals surface area contributed by atoms with Crippen LogP contribution in [0.4, 0.5) is 0 Å². The molecule has 11 heavy (non-hydrogen) atoms. The van der Waals surface area contributed by atoms with E-state index in [4.69, 9.17) is 5.11 Å². The van der Waals surface area contributed by atoms with Gasteiger partial charge in [0, 0.05) is 11.7 Å². The molecule has 0 radical (unpaired) electrons. The van der Waals surface area contributed by atoms with Crippen molar-refractivity contribution in [2.24, 2.45) is 5.92 Å². The maximum atomic E-state index is 11.1. The lowest BCUT2D eigenvalue weighted by molar-refractivity contribution is -0.119. The van der Waals surface area contributed by atoms with Gasteiger partial charge in [-0.3, -0.25) is 4.79 Å². The molecule has 3 heteroatoms. The molecule has 0 heterocycles. The van der Waals surface area contributed by atoms with Gasteiger partial charge in [0.05, 0.1) is 12.4 Å². The van der Waals surface area contributed by atoms with Crippen LogP contribution in [0, 0.1) is 5.92 Å². The van der Waals surface area contributed by atoms with Crippen LogP contribution in [0.1, 0.15) is 20.3 Å². The van der Waals surface area contributed by atoms with E-state index in [1.807, 2.05) is 13.8 Å². The van der Waals surface area contributed by atoms with Gasteiger partial charge in [0.2, 0.25) is 0 Å². The van der Waals surface area contributed by atoms with Crippen molar-refractivity contribution < 1.29 is 9.90 Å². The van der Waals surface area contributed by atoms with E-state index in [1.54, 1.807) is 0 Å². The minimum absolute atomic E-state index is 0.165. The van der Waals surface area contributed by atoms with Gasteiger partial charge in [-0.05, 0) is 6.42 Å². The first kappa shape index (κ1) is 11.0. The number of rotatable bonds is 6. The maximum Gasteiger partial charge on any atom is 0.145 e. The van der Waals surface area contributed by atoms with Crippen LogP contribution in [0.25, 0.3) is 0 Å². The molecule has 0 aromatic carbocycles. The normalized spacial score (nSPS) is 13.0. The third kappa shape index (κ3) is 5.27. The fraction of sp³-hybridized carbons (Fsp3) is 0.875. The number of thioether (sulfide) groups is 1. The van der Waals surface area contributed by atoms with Crippen LogP contribution < -0.4 is 0 Å². The average Bonchev–Trinajstić information content (AvgIpc) is 2.03. The summed E-state index contributed by atoms with van der Waals surface area (Å²) in [6.45, 7) is 4.12. The van der Waals surface area contributed by atoms with Crippen LogP contribution in [-0.4, -0.2) is 29.0 Å². The molecule has 0 aromatic heterocycles. The Hall–Kier alpha value is -0.0200. The zero-order valence-corrected chi connectivity index (χ0v) is 7.99. The van der Waals surface area contributed by atoms with Gasteiger partial charge in [0.15, 0.2) is 0 Å². The van der Waals surface area contributed by atoms with Crippen LogP contribution >= 0.6 is 11.8 Å². The summed E-state index contributed by atoms with van der Waals surface area (Å²) in [6, 6.07) is 0. The zero-order valence-electron chi connectivity index (χ0n) is 7.17. The first-order chi connectivity index (χ1) is 5.22. The number of aliphatic hydroxyl groups is 1. The van der Waals surface area contributed by atoms with Crippen molar-refractivity contribution in [2.45, 2.75) is 20.3 Å². The first-order valence-corrected chi connectivity index (χ1v) is 5.09. The summed E-state index contributed by atoms with van der Waals surface area (Å²) in [5, 5.41) is 8.44. The fourth-order valence-electron chi connectivity index (χ4n) is 0.607. The molecule has 0 saturated heterocycles. The van der Waals surface area contributed by atoms with E-state index < -0.39 is 0 Å². The third-order valence-electron chi connectivity index (χ3n) is 1.64. The highest BCUT2D eigenvalue weighted by Gasteiger charge is 2.09. The highest BCUT2D eigenvalue weighted by atomic mass is 32.2.